The molecule has 1 rings (SSSR count). The zero-order chi connectivity index (χ0) is 9.03. The third kappa shape index (κ3) is 4.27. The molecule has 0 amide bonds. The summed E-state index contributed by atoms with van der Waals surface area (Å²) >= 11 is 0. The topological polar surface area (TPSA) is 9.23 Å². The molecule has 0 aromatic heterocycles. The molecule has 0 radical (unpaired) electrons. The van der Waals surface area contributed by atoms with Gasteiger partial charge in [0.05, 0.1) is 8.31 Å². The largest absolute Gasteiger partial charge is 0.428 e. The van der Waals surface area contributed by atoms with Gasteiger partial charge in [-0.05, 0) is 6.42 Å². The van der Waals surface area contributed by atoms with Crippen molar-refractivity contribution < 1.29 is 17.6 Å². The quantitative estimate of drug-likeness (QED) is 0.627. The van der Waals surface area contributed by atoms with Crippen LogP contribution in [0, 0.1) is 0 Å². The van der Waals surface area contributed by atoms with E-state index < -0.39 is 30.2 Å². The van der Waals surface area contributed by atoms with Crippen molar-refractivity contribution in [1.29, 1.82) is 0 Å². The van der Waals surface area contributed by atoms with Gasteiger partial charge in [-0.1, -0.05) is 12.1 Å². The molecule has 1 nitrogen and oxygen atoms in total. The van der Waals surface area contributed by atoms with Gasteiger partial charge in [0.1, 0.15) is 9.28 Å². The van der Waals surface area contributed by atoms with Crippen molar-refractivity contribution in [3.8, 4) is 0 Å². The van der Waals surface area contributed by atoms with Crippen LogP contribution in [0.1, 0.15) is 12.8 Å². The summed E-state index contributed by atoms with van der Waals surface area (Å²) in [5.74, 6) is 0. The second-order valence-corrected chi connectivity index (χ2v) is 11.3. The lowest BCUT2D eigenvalue weighted by Crippen LogP contribution is -2.31. The number of alkyl halides is 3. The number of rotatable bonds is 2. The zero-order valence-electron chi connectivity index (χ0n) is 6.86. The predicted octanol–water partition coefficient (Wildman–Crippen LogP) is 1.17. The molecule has 1 fully saturated rings. The van der Waals surface area contributed by atoms with Crippen LogP contribution >= 0.6 is 0 Å². The normalized spacial score (nSPS) is 27.8. The Labute approximate surface area is 73.6 Å². The van der Waals surface area contributed by atoms with Gasteiger partial charge in [0.2, 0.25) is 0 Å². The lowest BCUT2D eigenvalue weighted by Gasteiger charge is -2.20. The number of hydrogen-bond donors (Lipinski definition) is 0. The molecule has 0 aromatic rings. The van der Waals surface area contributed by atoms with Gasteiger partial charge >= 0.3 is 6.18 Å². The van der Waals surface area contributed by atoms with E-state index in [2.05, 4.69) is 0 Å². The third-order valence-corrected chi connectivity index (χ3v) is 9.99. The molecule has 0 spiro atoms. The van der Waals surface area contributed by atoms with Crippen LogP contribution in [0.4, 0.5) is 13.2 Å². The van der Waals surface area contributed by atoms with Gasteiger partial charge in [0.15, 0.2) is 0 Å². The molecule has 1 saturated heterocycles. The molecule has 1 aliphatic heterocycles. The molecule has 1 unspecified atom stereocenters. The van der Waals surface area contributed by atoms with E-state index in [0.29, 0.717) is 6.04 Å². The Morgan fingerprint density at radius 3 is 2.67 bits per heavy atom. The summed E-state index contributed by atoms with van der Waals surface area (Å²) in [5.41, 5.74) is 0. The van der Waals surface area contributed by atoms with Gasteiger partial charge in [-0.3, -0.25) is 0 Å². The fraction of sp³-hybridized carbons (Fsp3) is 1.00. The van der Waals surface area contributed by atoms with Gasteiger partial charge < -0.3 is 4.43 Å². The molecular formula is C6H13F3OSi2. The Kier molecular flexibility index (Phi) is 3.79. The Balaban J connectivity index is 2.13. The van der Waals surface area contributed by atoms with Crippen LogP contribution in [-0.2, 0) is 4.43 Å². The third-order valence-electron chi connectivity index (χ3n) is 2.09. The molecule has 0 bridgehead atoms. The summed E-state index contributed by atoms with van der Waals surface area (Å²) in [6, 6.07) is 1.51. The van der Waals surface area contributed by atoms with Crippen LogP contribution in [0.5, 0.6) is 0 Å². The molecule has 0 N–H and O–H groups in total. The Morgan fingerprint density at radius 2 is 2.17 bits per heavy atom. The smallest absolute Gasteiger partial charge is 0.388 e. The zero-order valence-corrected chi connectivity index (χ0v) is 9.43. The van der Waals surface area contributed by atoms with Gasteiger partial charge in [-0.25, -0.2) is 0 Å². The minimum absolute atomic E-state index is 0.426. The van der Waals surface area contributed by atoms with Gasteiger partial charge in [0.25, 0.3) is 0 Å². The standard InChI is InChI=1S/C6H13F3OSi2/c7-6(8,9)2-5-12-4-1-3-10-11-12/h12H,1-5,11H2. The molecule has 6 heteroatoms. The van der Waals surface area contributed by atoms with E-state index in [1.54, 1.807) is 0 Å². The average molecular weight is 214 g/mol. The molecule has 1 heterocycles. The van der Waals surface area contributed by atoms with Crippen LogP contribution in [0.3, 0.4) is 0 Å². The highest BCUT2D eigenvalue weighted by Crippen LogP contribution is 2.24. The van der Waals surface area contributed by atoms with E-state index in [4.69, 9.17) is 4.43 Å². The minimum Gasteiger partial charge on any atom is -0.428 e. The summed E-state index contributed by atoms with van der Waals surface area (Å²) in [6.07, 6.45) is -3.51. The molecule has 0 aliphatic carbocycles. The summed E-state index contributed by atoms with van der Waals surface area (Å²) in [7, 11) is -1.54. The second kappa shape index (κ2) is 4.43. The van der Waals surface area contributed by atoms with E-state index in [1.807, 2.05) is 0 Å². The number of hydrogen-bond acceptors (Lipinski definition) is 1. The fourth-order valence-corrected chi connectivity index (χ4v) is 8.19. The van der Waals surface area contributed by atoms with Gasteiger partial charge in [-0.2, -0.15) is 13.2 Å². The predicted molar refractivity (Wildman–Crippen MR) is 46.5 cm³/mol. The van der Waals surface area contributed by atoms with Crippen LogP contribution in [0.15, 0.2) is 0 Å². The first-order valence-corrected chi connectivity index (χ1v) is 9.70. The molecular weight excluding hydrogens is 201 g/mol. The Hall–Kier alpha value is 0.184. The molecule has 12 heavy (non-hydrogen) atoms. The van der Waals surface area contributed by atoms with E-state index in [1.165, 1.54) is 0 Å². The Bertz CT molecular complexity index is 133. The SMILES string of the molecule is FC(F)(F)CC[SiH]1CCCO[SiH2]1. The summed E-state index contributed by atoms with van der Waals surface area (Å²) in [5, 5.41) is 0. The van der Waals surface area contributed by atoms with Crippen molar-refractivity contribution in [3.63, 3.8) is 0 Å². The molecule has 0 saturated carbocycles. The highest BCUT2D eigenvalue weighted by Gasteiger charge is 2.29. The average Bonchev–Trinajstić information content (AvgIpc) is 2.02. The summed E-state index contributed by atoms with van der Waals surface area (Å²) in [6.45, 7) is 0.807. The van der Waals surface area contributed by atoms with Crippen LogP contribution in [-0.4, -0.2) is 30.4 Å². The monoisotopic (exact) mass is 214 g/mol. The van der Waals surface area contributed by atoms with E-state index in [9.17, 15) is 13.2 Å². The minimum atomic E-state index is -3.95. The lowest BCUT2D eigenvalue weighted by atomic mass is 10.5. The van der Waals surface area contributed by atoms with E-state index in [-0.39, 0.29) is 0 Å². The molecule has 1 aliphatic rings. The maximum Gasteiger partial charge on any atom is 0.388 e. The van der Waals surface area contributed by atoms with Gasteiger partial charge in [-0.15, -0.1) is 0 Å². The first-order chi connectivity index (χ1) is 5.58. The molecule has 0 aromatic carbocycles. The van der Waals surface area contributed by atoms with Crippen molar-refractivity contribution in [2.24, 2.45) is 0 Å². The maximum absolute atomic E-state index is 11.8. The first-order valence-electron chi connectivity index (χ1n) is 4.22. The van der Waals surface area contributed by atoms with Crippen molar-refractivity contribution in [2.45, 2.75) is 31.1 Å². The maximum atomic E-state index is 11.8. The summed E-state index contributed by atoms with van der Waals surface area (Å²) < 4.78 is 40.7. The van der Waals surface area contributed by atoms with Crippen molar-refractivity contribution in [3.05, 3.63) is 0 Å². The van der Waals surface area contributed by atoms with E-state index in [0.717, 1.165) is 19.1 Å². The number of halogens is 3. The first kappa shape index (κ1) is 10.3. The van der Waals surface area contributed by atoms with Crippen molar-refractivity contribution in [1.82, 2.24) is 0 Å². The van der Waals surface area contributed by atoms with Crippen LogP contribution < -0.4 is 0 Å². The van der Waals surface area contributed by atoms with Crippen LogP contribution in [0.25, 0.3) is 0 Å². The lowest BCUT2D eigenvalue weighted by molar-refractivity contribution is -0.130. The molecule has 1 atom stereocenters. The second-order valence-electron chi connectivity index (χ2n) is 3.24. The Morgan fingerprint density at radius 1 is 1.42 bits per heavy atom. The summed E-state index contributed by atoms with van der Waals surface area (Å²) in [4.78, 5) is 0. The molecule has 72 valence electrons. The van der Waals surface area contributed by atoms with E-state index >= 15 is 0 Å². The van der Waals surface area contributed by atoms with Gasteiger partial charge in [0, 0.05) is 13.0 Å². The van der Waals surface area contributed by atoms with Crippen LogP contribution in [0.2, 0.25) is 12.1 Å². The highest BCUT2D eigenvalue weighted by molar-refractivity contribution is 7.10. The fourth-order valence-electron chi connectivity index (χ4n) is 1.40. The van der Waals surface area contributed by atoms with Crippen molar-refractivity contribution in [2.75, 3.05) is 6.61 Å². The highest BCUT2D eigenvalue weighted by atomic mass is 29.2. The van der Waals surface area contributed by atoms with Crippen molar-refractivity contribution >= 4 is 17.6 Å².